The quantitative estimate of drug-likeness (QED) is 0.385. The number of nitrogens with zero attached hydrogens (tertiary/aromatic N) is 3. The lowest BCUT2D eigenvalue weighted by molar-refractivity contribution is -0.113. The number of carbonyl (C=O) groups is 1. The van der Waals surface area contributed by atoms with E-state index in [9.17, 15) is 23.9 Å². The van der Waals surface area contributed by atoms with Crippen LogP contribution in [0.15, 0.2) is 61.5 Å². The van der Waals surface area contributed by atoms with Gasteiger partial charge in [0.25, 0.3) is 5.56 Å². The van der Waals surface area contributed by atoms with Gasteiger partial charge < -0.3 is 10.4 Å². The summed E-state index contributed by atoms with van der Waals surface area (Å²) in [5.74, 6) is -1.95. The largest absolute Gasteiger partial charge is 0.494 e. The maximum absolute atomic E-state index is 14.0. The molecule has 1 heterocycles. The number of aryl methyl sites for hydroxylation is 1. The standard InChI is InChI=1S/C22H20BrFN4O4S/c1-12-5-4-6-14(9-12)25-19(18-20(30)27(2)22(32)28(3)21(18)31)33-11-17(29)26-16-8-7-13(23)10-15(16)24/h4-10,30H,11H2,1-3H3,(H,26,29). The van der Waals surface area contributed by atoms with E-state index < -0.39 is 28.9 Å². The number of hydrogen-bond donors (Lipinski definition) is 2. The van der Waals surface area contributed by atoms with Crippen LogP contribution in [0.2, 0.25) is 0 Å². The van der Waals surface area contributed by atoms with Crippen LogP contribution in [-0.4, -0.2) is 30.9 Å². The topological polar surface area (TPSA) is 106 Å². The first kappa shape index (κ1) is 24.5. The molecule has 1 amide bonds. The van der Waals surface area contributed by atoms with Gasteiger partial charge in [0.15, 0.2) is 0 Å². The lowest BCUT2D eigenvalue weighted by atomic mass is 10.2. The second-order valence-electron chi connectivity index (χ2n) is 7.12. The highest BCUT2D eigenvalue weighted by molar-refractivity contribution is 9.10. The average molecular weight is 535 g/mol. The fourth-order valence-corrected chi connectivity index (χ4v) is 4.07. The Labute approximate surface area is 200 Å². The van der Waals surface area contributed by atoms with E-state index in [0.717, 1.165) is 26.5 Å². The minimum Gasteiger partial charge on any atom is -0.494 e. The number of carbonyl (C=O) groups excluding carboxylic acids is 1. The number of halogens is 2. The van der Waals surface area contributed by atoms with E-state index in [1.807, 2.05) is 13.0 Å². The number of hydrogen-bond acceptors (Lipinski definition) is 6. The summed E-state index contributed by atoms with van der Waals surface area (Å²) >= 11 is 4.03. The molecule has 0 radical (unpaired) electrons. The molecule has 0 saturated heterocycles. The molecule has 8 nitrogen and oxygen atoms in total. The van der Waals surface area contributed by atoms with Crippen molar-refractivity contribution in [2.24, 2.45) is 19.1 Å². The number of amides is 1. The van der Waals surface area contributed by atoms with E-state index in [2.05, 4.69) is 26.2 Å². The fourth-order valence-electron chi connectivity index (χ4n) is 2.91. The van der Waals surface area contributed by atoms with Crippen molar-refractivity contribution in [2.75, 3.05) is 11.1 Å². The zero-order valence-corrected chi connectivity index (χ0v) is 20.3. The SMILES string of the molecule is Cc1cccc(N=C(SCC(=O)Nc2ccc(Br)cc2F)c2c(O)n(C)c(=O)n(C)c2=O)c1. The highest BCUT2D eigenvalue weighted by Gasteiger charge is 2.22. The summed E-state index contributed by atoms with van der Waals surface area (Å²) in [4.78, 5) is 41.9. The zero-order valence-electron chi connectivity index (χ0n) is 17.9. The summed E-state index contributed by atoms with van der Waals surface area (Å²) in [6, 6.07) is 11.3. The molecule has 0 spiro atoms. The molecule has 3 rings (SSSR count). The lowest BCUT2D eigenvalue weighted by Crippen LogP contribution is -2.39. The van der Waals surface area contributed by atoms with Crippen LogP contribution >= 0.6 is 27.7 Å². The highest BCUT2D eigenvalue weighted by Crippen LogP contribution is 2.24. The number of aliphatic imine (C=N–C) groups is 1. The third-order valence-corrected chi connectivity index (χ3v) is 6.09. The van der Waals surface area contributed by atoms with Gasteiger partial charge in [-0.05, 0) is 42.8 Å². The van der Waals surface area contributed by atoms with Gasteiger partial charge in [0.2, 0.25) is 11.8 Å². The number of rotatable bonds is 5. The maximum atomic E-state index is 14.0. The number of aromatic nitrogens is 2. The minimum atomic E-state index is -0.756. The van der Waals surface area contributed by atoms with Gasteiger partial charge in [-0.2, -0.15) is 0 Å². The normalized spacial score (nSPS) is 11.5. The maximum Gasteiger partial charge on any atom is 0.333 e. The predicted octanol–water partition coefficient (Wildman–Crippen LogP) is 3.45. The van der Waals surface area contributed by atoms with E-state index in [1.54, 1.807) is 24.3 Å². The molecule has 2 N–H and O–H groups in total. The number of anilines is 1. The van der Waals surface area contributed by atoms with Crippen LogP contribution in [0.25, 0.3) is 0 Å². The van der Waals surface area contributed by atoms with Crippen LogP contribution in [0.1, 0.15) is 11.1 Å². The van der Waals surface area contributed by atoms with Gasteiger partial charge in [0, 0.05) is 18.6 Å². The van der Waals surface area contributed by atoms with Crippen LogP contribution in [0.3, 0.4) is 0 Å². The van der Waals surface area contributed by atoms with Gasteiger partial charge in [-0.3, -0.25) is 18.7 Å². The molecule has 172 valence electrons. The van der Waals surface area contributed by atoms with Gasteiger partial charge in [0.05, 0.1) is 17.1 Å². The molecule has 11 heteroatoms. The molecule has 0 atom stereocenters. The summed E-state index contributed by atoms with van der Waals surface area (Å²) < 4.78 is 16.3. The first-order valence-corrected chi connectivity index (χ1v) is 11.4. The van der Waals surface area contributed by atoms with Crippen molar-refractivity contribution in [1.82, 2.24) is 9.13 Å². The van der Waals surface area contributed by atoms with Crippen molar-refractivity contribution in [3.05, 3.63) is 84.7 Å². The van der Waals surface area contributed by atoms with Gasteiger partial charge in [0.1, 0.15) is 16.4 Å². The Balaban J connectivity index is 1.98. The van der Waals surface area contributed by atoms with E-state index in [-0.39, 0.29) is 22.0 Å². The second kappa shape index (κ2) is 10.2. The second-order valence-corrected chi connectivity index (χ2v) is 9.00. The van der Waals surface area contributed by atoms with Gasteiger partial charge in [-0.15, -0.1) is 0 Å². The molecule has 0 aliphatic carbocycles. The van der Waals surface area contributed by atoms with Crippen molar-refractivity contribution < 1.29 is 14.3 Å². The molecule has 2 aromatic carbocycles. The molecule has 0 fully saturated rings. The highest BCUT2D eigenvalue weighted by atomic mass is 79.9. The Morgan fingerprint density at radius 2 is 1.91 bits per heavy atom. The van der Waals surface area contributed by atoms with Gasteiger partial charge >= 0.3 is 5.69 Å². The summed E-state index contributed by atoms with van der Waals surface area (Å²) in [6.07, 6.45) is 0. The molecule has 0 saturated carbocycles. The monoisotopic (exact) mass is 534 g/mol. The lowest BCUT2D eigenvalue weighted by Gasteiger charge is -2.13. The average Bonchev–Trinajstić information content (AvgIpc) is 2.76. The number of benzene rings is 2. The predicted molar refractivity (Wildman–Crippen MR) is 131 cm³/mol. The Kier molecular flexibility index (Phi) is 7.54. The Bertz CT molecular complexity index is 1380. The van der Waals surface area contributed by atoms with Crippen LogP contribution in [0, 0.1) is 12.7 Å². The van der Waals surface area contributed by atoms with Crippen molar-refractivity contribution >= 4 is 50.0 Å². The Morgan fingerprint density at radius 3 is 2.58 bits per heavy atom. The van der Waals surface area contributed by atoms with Crippen molar-refractivity contribution in [1.29, 1.82) is 0 Å². The Hall–Kier alpha value is -3.18. The number of thioether (sulfide) groups is 1. The molecule has 1 aromatic heterocycles. The first-order chi connectivity index (χ1) is 15.6. The molecule has 3 aromatic rings. The third-order valence-electron chi connectivity index (χ3n) is 4.63. The van der Waals surface area contributed by atoms with E-state index in [4.69, 9.17) is 0 Å². The van der Waals surface area contributed by atoms with Crippen molar-refractivity contribution in [3.8, 4) is 5.88 Å². The molecule has 0 aliphatic heterocycles. The van der Waals surface area contributed by atoms with Crippen molar-refractivity contribution in [2.45, 2.75) is 6.92 Å². The summed E-state index contributed by atoms with van der Waals surface area (Å²) in [6.45, 7) is 1.87. The van der Waals surface area contributed by atoms with E-state index in [1.165, 1.54) is 26.2 Å². The first-order valence-electron chi connectivity index (χ1n) is 9.61. The molecular formula is C22H20BrFN4O4S. The smallest absolute Gasteiger partial charge is 0.333 e. The minimum absolute atomic E-state index is 0.00171. The van der Waals surface area contributed by atoms with Crippen LogP contribution in [0.5, 0.6) is 5.88 Å². The number of nitrogens with one attached hydrogen (secondary N) is 1. The third kappa shape index (κ3) is 5.60. The van der Waals surface area contributed by atoms with Crippen LogP contribution < -0.4 is 16.6 Å². The Morgan fingerprint density at radius 1 is 1.18 bits per heavy atom. The summed E-state index contributed by atoms with van der Waals surface area (Å²) in [7, 11) is 2.60. The zero-order chi connectivity index (χ0) is 24.3. The fraction of sp³-hybridized carbons (Fsp3) is 0.182. The van der Waals surface area contributed by atoms with Gasteiger partial charge in [-0.1, -0.05) is 39.8 Å². The summed E-state index contributed by atoms with van der Waals surface area (Å²) in [5.41, 5.74) is -0.261. The number of aromatic hydroxyl groups is 1. The van der Waals surface area contributed by atoms with E-state index in [0.29, 0.717) is 10.2 Å². The molecular weight excluding hydrogens is 515 g/mol. The van der Waals surface area contributed by atoms with Crippen molar-refractivity contribution in [3.63, 3.8) is 0 Å². The van der Waals surface area contributed by atoms with Crippen LogP contribution in [-0.2, 0) is 18.9 Å². The molecule has 33 heavy (non-hydrogen) atoms. The molecule has 0 aliphatic rings. The molecule has 0 unspecified atom stereocenters. The van der Waals surface area contributed by atoms with Crippen LogP contribution in [0.4, 0.5) is 15.8 Å². The molecule has 0 bridgehead atoms. The van der Waals surface area contributed by atoms with Gasteiger partial charge in [-0.25, -0.2) is 14.2 Å². The summed E-state index contributed by atoms with van der Waals surface area (Å²) in [5, 5.41) is 13.1. The van der Waals surface area contributed by atoms with E-state index >= 15 is 0 Å².